The first kappa shape index (κ1) is 70.5. The van der Waals surface area contributed by atoms with E-state index >= 15 is 0 Å². The molecule has 0 radical (unpaired) electrons. The summed E-state index contributed by atoms with van der Waals surface area (Å²) in [7, 11) is 0. The monoisotopic (exact) mass is 1140 g/mol. The van der Waals surface area contributed by atoms with Crippen LogP contribution in [0.1, 0.15) is 71.3 Å². The molecule has 0 saturated heterocycles. The van der Waals surface area contributed by atoms with Gasteiger partial charge in [-0.05, 0) is 57.1 Å². The van der Waals surface area contributed by atoms with Crippen LogP contribution in [-0.4, -0.2) is 189 Å². The van der Waals surface area contributed by atoms with E-state index in [1.807, 2.05) is 0 Å². The number of carbonyl (C=O) groups is 14. The summed E-state index contributed by atoms with van der Waals surface area (Å²) in [5.41, 5.74) is 17.5. The zero-order valence-electron chi connectivity index (χ0n) is 42.9. The largest absolute Gasteiger partial charge is 0.490 e. The first-order chi connectivity index (χ1) is 36.7. The molecule has 0 unspecified atom stereocenters. The van der Waals surface area contributed by atoms with Crippen molar-refractivity contribution in [3.8, 4) is 0 Å². The van der Waals surface area contributed by atoms with E-state index in [0.29, 0.717) is 12.8 Å². The molecule has 20 N–H and O–H groups in total. The molecule has 10 amide bonds. The Bertz CT molecular complexity index is 2310. The lowest BCUT2D eigenvalue weighted by Gasteiger charge is -2.27. The first-order valence-corrected chi connectivity index (χ1v) is 23.7. The van der Waals surface area contributed by atoms with Crippen LogP contribution in [0.5, 0.6) is 0 Å². The SMILES string of the molecule is CC(C)[C@H](NC(=O)[C@H](CC(=O)O)NC(=O)[C@H](CCC(=O)O)NC(=O)[C@H](C)NC(=O)[C@@H](N)Cc1ccccc1)C(=O)NCC(=O)N[C@@H](CO)C(=O)N[C@@H](CC(N)=O)C(=O)N[C@@H](CCCCN)C(=O)NCC(=O)O.O=C(O)C(F)(F)F. The number of carboxylic acids is 4. The van der Waals surface area contributed by atoms with Crippen LogP contribution in [0.25, 0.3) is 0 Å². The molecule has 0 heterocycles. The van der Waals surface area contributed by atoms with Crippen LogP contribution in [0.15, 0.2) is 30.3 Å². The number of hydrogen-bond donors (Lipinski definition) is 17. The maximum absolute atomic E-state index is 13.5. The summed E-state index contributed by atoms with van der Waals surface area (Å²) >= 11 is 0. The van der Waals surface area contributed by atoms with Gasteiger partial charge in [-0.3, -0.25) is 62.3 Å². The van der Waals surface area contributed by atoms with Crippen LogP contribution in [0.4, 0.5) is 13.2 Å². The highest BCUT2D eigenvalue weighted by atomic mass is 19.4. The number of amides is 10. The number of carbonyl (C=O) groups excluding carboxylic acids is 10. The van der Waals surface area contributed by atoms with Crippen molar-refractivity contribution in [3.05, 3.63) is 35.9 Å². The molecular formula is C45H67F3N12O19. The standard InChI is InChI=1S/C43H66N12O17.C2HF3O2/c1-21(2)35(43(72)47-18-31(58)50-29(20-56)42(71)53-27(16-30(46)57)40(69)52-25(11-7-8-14-44)38(67)48-19-34(63)64)55-41(70)28(17-33(61)62)54-39(68)26(12-13-32(59)60)51-36(65)22(3)49-37(66)24(45)15-23-9-5-4-6-10-23;3-2(4,5)1(6)7/h4-6,9-10,21-22,24-29,35,56H,7-8,11-20,44-45H2,1-3H3,(H2,46,57)(H,47,72)(H,48,67)(H,49,66)(H,50,58)(H,51,65)(H,52,69)(H,53,71)(H,54,68)(H,55,70)(H,59,60)(H,61,62)(H,63,64);(H,6,7)/t22-,24-,25-,26-,27-,28-,29-,35-;/m0./s1. The number of aliphatic hydroxyl groups is 1. The molecule has 442 valence electrons. The molecule has 0 spiro atoms. The van der Waals surface area contributed by atoms with Crippen LogP contribution >= 0.6 is 0 Å². The van der Waals surface area contributed by atoms with E-state index in [1.165, 1.54) is 20.8 Å². The number of hydrogen-bond acceptors (Lipinski definition) is 17. The molecule has 0 aliphatic carbocycles. The Morgan fingerprint density at radius 3 is 1.54 bits per heavy atom. The zero-order chi connectivity index (χ0) is 60.7. The quantitative estimate of drug-likeness (QED) is 0.0286. The maximum atomic E-state index is 13.5. The molecule has 0 bridgehead atoms. The topological polar surface area (TPSA) is 526 Å². The van der Waals surface area contributed by atoms with Gasteiger partial charge in [0.25, 0.3) is 0 Å². The van der Waals surface area contributed by atoms with Gasteiger partial charge in [-0.2, -0.15) is 13.2 Å². The number of rotatable bonds is 34. The third kappa shape index (κ3) is 29.5. The Kier molecular flexibility index (Phi) is 31.9. The average molecular weight is 1140 g/mol. The number of nitrogens with one attached hydrogen (secondary N) is 9. The van der Waals surface area contributed by atoms with Crippen LogP contribution in [0.2, 0.25) is 0 Å². The summed E-state index contributed by atoms with van der Waals surface area (Å²) in [6.07, 6.45) is -7.43. The van der Waals surface area contributed by atoms with Gasteiger partial charge in [0.15, 0.2) is 0 Å². The van der Waals surface area contributed by atoms with Crippen LogP contribution in [0, 0.1) is 5.92 Å². The van der Waals surface area contributed by atoms with Gasteiger partial charge in [0.05, 0.1) is 32.0 Å². The lowest BCUT2D eigenvalue weighted by atomic mass is 10.0. The Labute approximate surface area is 447 Å². The Balaban J connectivity index is 0.00000809. The average Bonchev–Trinajstić information content (AvgIpc) is 3.35. The van der Waals surface area contributed by atoms with Crippen molar-refractivity contribution in [1.82, 2.24) is 47.9 Å². The molecule has 1 aromatic rings. The van der Waals surface area contributed by atoms with E-state index in [2.05, 4.69) is 47.9 Å². The second-order valence-corrected chi connectivity index (χ2v) is 17.4. The van der Waals surface area contributed by atoms with Gasteiger partial charge >= 0.3 is 30.1 Å². The van der Waals surface area contributed by atoms with E-state index in [0.717, 1.165) is 5.56 Å². The van der Waals surface area contributed by atoms with Crippen LogP contribution in [-0.2, 0) is 73.5 Å². The normalized spacial score (nSPS) is 13.9. The lowest BCUT2D eigenvalue weighted by molar-refractivity contribution is -0.192. The number of aliphatic carboxylic acids is 4. The van der Waals surface area contributed by atoms with Crippen molar-refractivity contribution in [1.29, 1.82) is 0 Å². The Morgan fingerprint density at radius 1 is 0.557 bits per heavy atom. The lowest BCUT2D eigenvalue weighted by Crippen LogP contribution is -2.60. The molecular weight excluding hydrogens is 1070 g/mol. The second kappa shape index (κ2) is 35.7. The van der Waals surface area contributed by atoms with Gasteiger partial charge in [0.1, 0.15) is 48.8 Å². The van der Waals surface area contributed by atoms with Gasteiger partial charge < -0.3 is 90.6 Å². The smallest absolute Gasteiger partial charge is 0.481 e. The molecule has 0 saturated carbocycles. The predicted octanol–water partition coefficient (Wildman–Crippen LogP) is -6.09. The minimum absolute atomic E-state index is 0.0258. The van der Waals surface area contributed by atoms with Crippen molar-refractivity contribution in [2.45, 2.75) is 127 Å². The highest BCUT2D eigenvalue weighted by Crippen LogP contribution is 2.13. The molecule has 1 rings (SSSR count). The molecule has 0 aliphatic rings. The van der Waals surface area contributed by atoms with Crippen molar-refractivity contribution in [2.75, 3.05) is 26.2 Å². The van der Waals surface area contributed by atoms with E-state index in [-0.39, 0.29) is 19.4 Å². The van der Waals surface area contributed by atoms with Crippen molar-refractivity contribution in [2.24, 2.45) is 23.1 Å². The summed E-state index contributed by atoms with van der Waals surface area (Å²) in [5.74, 6) is -18.6. The molecule has 0 aliphatic heterocycles. The summed E-state index contributed by atoms with van der Waals surface area (Å²) in [6.45, 7) is 1.56. The first-order valence-electron chi connectivity index (χ1n) is 23.7. The van der Waals surface area contributed by atoms with E-state index in [1.54, 1.807) is 30.3 Å². The van der Waals surface area contributed by atoms with E-state index in [9.17, 15) is 90.8 Å². The predicted molar refractivity (Wildman–Crippen MR) is 262 cm³/mol. The fraction of sp³-hybridized carbons (Fsp3) is 0.556. The molecule has 0 aromatic heterocycles. The Morgan fingerprint density at radius 2 is 1.05 bits per heavy atom. The van der Waals surface area contributed by atoms with Gasteiger partial charge in [-0.1, -0.05) is 44.2 Å². The number of carboxylic acid groups (broad SMARTS) is 4. The molecule has 31 nitrogen and oxygen atoms in total. The number of alkyl halides is 3. The number of unbranched alkanes of at least 4 members (excludes halogenated alkanes) is 1. The summed E-state index contributed by atoms with van der Waals surface area (Å²) in [4.78, 5) is 173. The number of primary amides is 1. The molecule has 0 fully saturated rings. The minimum Gasteiger partial charge on any atom is -0.481 e. The fourth-order valence-corrected chi connectivity index (χ4v) is 6.34. The molecule has 79 heavy (non-hydrogen) atoms. The van der Waals surface area contributed by atoms with Gasteiger partial charge in [0, 0.05) is 6.42 Å². The minimum atomic E-state index is -5.08. The van der Waals surface area contributed by atoms with Crippen molar-refractivity contribution in [3.63, 3.8) is 0 Å². The second-order valence-electron chi connectivity index (χ2n) is 17.4. The molecule has 8 atom stereocenters. The summed E-state index contributed by atoms with van der Waals surface area (Å²) < 4.78 is 31.7. The van der Waals surface area contributed by atoms with E-state index < -0.39 is 189 Å². The van der Waals surface area contributed by atoms with Crippen molar-refractivity contribution < 1.29 is 106 Å². The maximum Gasteiger partial charge on any atom is 0.490 e. The van der Waals surface area contributed by atoms with Crippen molar-refractivity contribution >= 4 is 82.9 Å². The third-order valence-electron chi connectivity index (χ3n) is 10.5. The zero-order valence-corrected chi connectivity index (χ0v) is 42.9. The third-order valence-corrected chi connectivity index (χ3v) is 10.5. The van der Waals surface area contributed by atoms with Crippen LogP contribution < -0.4 is 65.1 Å². The van der Waals surface area contributed by atoms with Gasteiger partial charge in [0.2, 0.25) is 59.1 Å². The number of aliphatic hydroxyl groups excluding tert-OH is 1. The highest BCUT2D eigenvalue weighted by molar-refractivity contribution is 5.99. The number of halogens is 3. The summed E-state index contributed by atoms with van der Waals surface area (Å²) in [6, 6.07) is -3.79. The number of nitrogens with two attached hydrogens (primary N) is 3. The molecule has 1 aromatic carbocycles. The fourth-order valence-electron chi connectivity index (χ4n) is 6.34. The van der Waals surface area contributed by atoms with Gasteiger partial charge in [-0.15, -0.1) is 0 Å². The summed E-state index contributed by atoms with van der Waals surface area (Å²) in [5, 5.41) is 64.8. The van der Waals surface area contributed by atoms with Gasteiger partial charge in [-0.25, -0.2) is 4.79 Å². The molecule has 34 heteroatoms. The highest BCUT2D eigenvalue weighted by Gasteiger charge is 2.38. The Hall–Kier alpha value is -8.53. The van der Waals surface area contributed by atoms with E-state index in [4.69, 9.17) is 32.2 Å². The van der Waals surface area contributed by atoms with Crippen LogP contribution in [0.3, 0.4) is 0 Å². The number of benzene rings is 1.